The van der Waals surface area contributed by atoms with Crippen molar-refractivity contribution in [1.29, 1.82) is 0 Å². The molecule has 0 unspecified atom stereocenters. The van der Waals surface area contributed by atoms with E-state index in [0.29, 0.717) is 0 Å². The first-order valence-electron chi connectivity index (χ1n) is 4.01. The van der Waals surface area contributed by atoms with Crippen LogP contribution in [-0.4, -0.2) is 24.3 Å². The molecule has 0 aliphatic carbocycles. The summed E-state index contributed by atoms with van der Waals surface area (Å²) in [6.07, 6.45) is -0.997. The molecule has 0 spiro atoms. The maximum atomic E-state index is 10.9. The number of rotatable bonds is 3. The summed E-state index contributed by atoms with van der Waals surface area (Å²) in [6.45, 7) is 5.13. The molecule has 0 aromatic rings. The van der Waals surface area contributed by atoms with Gasteiger partial charge in [0.2, 0.25) is 0 Å². The van der Waals surface area contributed by atoms with Crippen LogP contribution in [0.3, 0.4) is 0 Å². The highest BCUT2D eigenvalue weighted by atomic mass is 16.7. The van der Waals surface area contributed by atoms with Gasteiger partial charge < -0.3 is 15.2 Å². The first kappa shape index (κ1) is 11.9. The normalized spacial score (nSPS) is 10.8. The van der Waals surface area contributed by atoms with Crippen molar-refractivity contribution in [3.8, 4) is 0 Å². The van der Waals surface area contributed by atoms with E-state index in [4.69, 9.17) is 5.73 Å². The van der Waals surface area contributed by atoms with Crippen molar-refractivity contribution in [2.45, 2.75) is 32.7 Å². The highest BCUT2D eigenvalue weighted by Crippen LogP contribution is 2.05. The van der Waals surface area contributed by atoms with Gasteiger partial charge >= 0.3 is 12.1 Å². The number of carbonyl (C=O) groups is 2. The molecule has 0 saturated carbocycles. The lowest BCUT2D eigenvalue weighted by atomic mass is 10.0. The third-order valence-electron chi connectivity index (χ3n) is 1.06. The van der Waals surface area contributed by atoms with E-state index >= 15 is 0 Å². The molecule has 0 aliphatic rings. The number of nitrogens with two attached hydrogens (primary N) is 1. The summed E-state index contributed by atoms with van der Waals surface area (Å²) in [6, 6.07) is 0. The first-order valence-corrected chi connectivity index (χ1v) is 4.01. The van der Waals surface area contributed by atoms with Gasteiger partial charge in [-0.3, -0.25) is 4.79 Å². The quantitative estimate of drug-likeness (QED) is 0.525. The highest BCUT2D eigenvalue weighted by Gasteiger charge is 2.20. The van der Waals surface area contributed by atoms with Crippen molar-refractivity contribution < 1.29 is 19.1 Å². The molecule has 0 rings (SSSR count). The number of esters is 1. The van der Waals surface area contributed by atoms with Crippen LogP contribution in [0, 0.1) is 0 Å². The van der Waals surface area contributed by atoms with Gasteiger partial charge in [0.15, 0.2) is 0 Å². The molecule has 0 fully saturated rings. The number of ether oxygens (including phenoxy) is 2. The van der Waals surface area contributed by atoms with Gasteiger partial charge in [0.1, 0.15) is 0 Å². The van der Waals surface area contributed by atoms with Gasteiger partial charge in [-0.05, 0) is 20.8 Å². The lowest BCUT2D eigenvalue weighted by molar-refractivity contribution is -0.140. The Morgan fingerprint density at radius 1 is 1.38 bits per heavy atom. The maximum absolute atomic E-state index is 10.9. The SMILES string of the molecule is CCOC(=O)OC(=O)CC(C)(C)N. The van der Waals surface area contributed by atoms with Crippen LogP contribution < -0.4 is 5.73 Å². The van der Waals surface area contributed by atoms with E-state index in [0.717, 1.165) is 0 Å². The summed E-state index contributed by atoms with van der Waals surface area (Å²) in [5.74, 6) is -0.675. The molecule has 0 heterocycles. The molecule has 0 bridgehead atoms. The number of carbonyl (C=O) groups excluding carboxylic acids is 2. The Bertz CT molecular complexity index is 195. The molecule has 2 N–H and O–H groups in total. The van der Waals surface area contributed by atoms with E-state index in [1.54, 1.807) is 20.8 Å². The van der Waals surface area contributed by atoms with Gasteiger partial charge in [-0.2, -0.15) is 0 Å². The molecule has 0 amide bonds. The van der Waals surface area contributed by atoms with Crippen LogP contribution in [0.4, 0.5) is 4.79 Å². The Balaban J connectivity index is 3.82. The maximum Gasteiger partial charge on any atom is 0.516 e. The second-order valence-corrected chi connectivity index (χ2v) is 3.32. The fourth-order valence-corrected chi connectivity index (χ4v) is 0.648. The fraction of sp³-hybridized carbons (Fsp3) is 0.750. The predicted molar refractivity (Wildman–Crippen MR) is 46.0 cm³/mol. The molecule has 0 atom stereocenters. The third-order valence-corrected chi connectivity index (χ3v) is 1.06. The van der Waals surface area contributed by atoms with Gasteiger partial charge in [0.25, 0.3) is 0 Å². The molecule has 0 radical (unpaired) electrons. The van der Waals surface area contributed by atoms with E-state index in [2.05, 4.69) is 9.47 Å². The fourth-order valence-electron chi connectivity index (χ4n) is 0.648. The van der Waals surface area contributed by atoms with Gasteiger partial charge in [-0.25, -0.2) is 4.79 Å². The molecular formula is C8H15NO4. The van der Waals surface area contributed by atoms with Crippen molar-refractivity contribution in [2.24, 2.45) is 5.73 Å². The van der Waals surface area contributed by atoms with Crippen LogP contribution in [0.25, 0.3) is 0 Å². The molecule has 5 nitrogen and oxygen atoms in total. The van der Waals surface area contributed by atoms with Crippen LogP contribution >= 0.6 is 0 Å². The van der Waals surface area contributed by atoms with Crippen LogP contribution in [0.1, 0.15) is 27.2 Å². The lowest BCUT2D eigenvalue weighted by Gasteiger charge is -2.15. The third kappa shape index (κ3) is 7.27. The largest absolute Gasteiger partial charge is 0.516 e. The summed E-state index contributed by atoms with van der Waals surface area (Å²) in [7, 11) is 0. The molecule has 0 aromatic carbocycles. The molecule has 0 aliphatic heterocycles. The van der Waals surface area contributed by atoms with Gasteiger partial charge in [0.05, 0.1) is 13.0 Å². The zero-order chi connectivity index (χ0) is 10.5. The lowest BCUT2D eigenvalue weighted by Crippen LogP contribution is -2.35. The Kier molecular flexibility index (Phi) is 4.40. The van der Waals surface area contributed by atoms with Crippen LogP contribution in [-0.2, 0) is 14.3 Å². The summed E-state index contributed by atoms with van der Waals surface area (Å²) in [4.78, 5) is 21.6. The van der Waals surface area contributed by atoms with Crippen LogP contribution in [0.2, 0.25) is 0 Å². The van der Waals surface area contributed by atoms with Crippen LogP contribution in [0.15, 0.2) is 0 Å². The minimum Gasteiger partial charge on any atom is -0.434 e. The van der Waals surface area contributed by atoms with Crippen molar-refractivity contribution in [1.82, 2.24) is 0 Å². The smallest absolute Gasteiger partial charge is 0.434 e. The summed E-state index contributed by atoms with van der Waals surface area (Å²) < 4.78 is 8.69. The van der Waals surface area contributed by atoms with Gasteiger partial charge in [-0.15, -0.1) is 0 Å². The van der Waals surface area contributed by atoms with E-state index in [1.165, 1.54) is 0 Å². The molecule has 5 heteroatoms. The highest BCUT2D eigenvalue weighted by molar-refractivity contribution is 5.82. The topological polar surface area (TPSA) is 78.6 Å². The average molecular weight is 189 g/mol. The second-order valence-electron chi connectivity index (χ2n) is 3.32. The Morgan fingerprint density at radius 3 is 2.31 bits per heavy atom. The van der Waals surface area contributed by atoms with E-state index in [1.807, 2.05) is 0 Å². The number of hydrogen-bond donors (Lipinski definition) is 1. The molecule has 0 aromatic heterocycles. The van der Waals surface area contributed by atoms with Crippen LogP contribution in [0.5, 0.6) is 0 Å². The summed E-state index contributed by atoms with van der Waals surface area (Å²) in [5.41, 5.74) is 4.86. The van der Waals surface area contributed by atoms with Crippen molar-refractivity contribution in [3.63, 3.8) is 0 Å². The number of hydrogen-bond acceptors (Lipinski definition) is 5. The first-order chi connectivity index (χ1) is 5.85. The average Bonchev–Trinajstić information content (AvgIpc) is 1.81. The monoisotopic (exact) mass is 189 g/mol. The Morgan fingerprint density at radius 2 is 1.92 bits per heavy atom. The minimum absolute atomic E-state index is 0.0220. The standard InChI is InChI=1S/C8H15NO4/c1-4-12-7(11)13-6(10)5-8(2,3)9/h4-5,9H2,1-3H3. The van der Waals surface area contributed by atoms with Crippen molar-refractivity contribution in [3.05, 3.63) is 0 Å². The molecule has 0 saturated heterocycles. The van der Waals surface area contributed by atoms with Crippen molar-refractivity contribution in [2.75, 3.05) is 6.61 Å². The molecule has 76 valence electrons. The van der Waals surface area contributed by atoms with E-state index in [-0.39, 0.29) is 13.0 Å². The van der Waals surface area contributed by atoms with E-state index in [9.17, 15) is 9.59 Å². The van der Waals surface area contributed by atoms with E-state index < -0.39 is 17.7 Å². The molecule has 13 heavy (non-hydrogen) atoms. The van der Waals surface area contributed by atoms with Crippen molar-refractivity contribution >= 4 is 12.1 Å². The zero-order valence-corrected chi connectivity index (χ0v) is 8.12. The molecular weight excluding hydrogens is 174 g/mol. The van der Waals surface area contributed by atoms with Gasteiger partial charge in [0, 0.05) is 5.54 Å². The second kappa shape index (κ2) is 4.81. The summed E-state index contributed by atoms with van der Waals surface area (Å²) >= 11 is 0. The Hall–Kier alpha value is -1.10. The zero-order valence-electron chi connectivity index (χ0n) is 8.12. The minimum atomic E-state index is -0.975. The predicted octanol–water partition coefficient (Wildman–Crippen LogP) is 0.814. The summed E-state index contributed by atoms with van der Waals surface area (Å²) in [5, 5.41) is 0. The Labute approximate surface area is 77.2 Å². The van der Waals surface area contributed by atoms with Gasteiger partial charge in [-0.1, -0.05) is 0 Å².